The van der Waals surface area contributed by atoms with E-state index in [4.69, 9.17) is 0 Å². The highest BCUT2D eigenvalue weighted by Gasteiger charge is 2.67. The van der Waals surface area contributed by atoms with E-state index in [-0.39, 0.29) is 17.9 Å². The van der Waals surface area contributed by atoms with Crippen LogP contribution in [0.1, 0.15) is 18.5 Å². The number of hydrogen-bond acceptors (Lipinski definition) is 5. The summed E-state index contributed by atoms with van der Waals surface area (Å²) in [6.45, 7) is -2.03. The van der Waals surface area contributed by atoms with Gasteiger partial charge in [0.15, 0.2) is 0 Å². The van der Waals surface area contributed by atoms with Gasteiger partial charge in [-0.05, 0) is 24.6 Å². The number of esters is 1. The van der Waals surface area contributed by atoms with Crippen molar-refractivity contribution in [1.29, 1.82) is 0 Å². The molecule has 3 atom stereocenters. The number of alkyl halides is 5. The van der Waals surface area contributed by atoms with Gasteiger partial charge in [0.25, 0.3) is 5.72 Å². The van der Waals surface area contributed by atoms with Crippen LogP contribution in [0, 0.1) is 5.92 Å². The van der Waals surface area contributed by atoms with Crippen molar-refractivity contribution in [3.05, 3.63) is 29.8 Å². The van der Waals surface area contributed by atoms with Gasteiger partial charge in [-0.1, -0.05) is 12.1 Å². The highest BCUT2D eigenvalue weighted by molar-refractivity contribution is 5.83. The average Bonchev–Trinajstić information content (AvgIpc) is 2.53. The Morgan fingerprint density at radius 3 is 2.37 bits per heavy atom. The summed E-state index contributed by atoms with van der Waals surface area (Å²) in [4.78, 5) is 23.9. The maximum Gasteiger partial charge on any atom is 0.437 e. The van der Waals surface area contributed by atoms with Crippen molar-refractivity contribution in [3.8, 4) is 5.75 Å². The second-order valence-corrected chi connectivity index (χ2v) is 5.52. The smallest absolute Gasteiger partial charge is 0.437 e. The van der Waals surface area contributed by atoms with E-state index in [1.54, 1.807) is 0 Å². The summed E-state index contributed by atoms with van der Waals surface area (Å²) in [6.07, 6.45) is -5.40. The molecule has 150 valence electrons. The lowest BCUT2D eigenvalue weighted by Gasteiger charge is -2.44. The van der Waals surface area contributed by atoms with E-state index >= 15 is 0 Å². The quantitative estimate of drug-likeness (QED) is 0.521. The van der Waals surface area contributed by atoms with Crippen molar-refractivity contribution in [2.75, 3.05) is 6.61 Å². The summed E-state index contributed by atoms with van der Waals surface area (Å²) in [5.41, 5.74) is -3.96. The third-order valence-electron chi connectivity index (χ3n) is 3.81. The zero-order valence-electron chi connectivity index (χ0n) is 13.7. The molecule has 0 spiro atoms. The topological polar surface area (TPSA) is 96.9 Å². The Labute approximate surface area is 149 Å². The van der Waals surface area contributed by atoms with Crippen LogP contribution >= 0.6 is 0 Å². The monoisotopic (exact) mass is 398 g/mol. The molecule has 1 aromatic carbocycles. The van der Waals surface area contributed by atoms with Crippen molar-refractivity contribution in [2.24, 2.45) is 5.92 Å². The Morgan fingerprint density at radius 1 is 1.30 bits per heavy atom. The summed E-state index contributed by atoms with van der Waals surface area (Å²) in [5, 5.41) is 13.5. The minimum absolute atomic E-state index is 0.0628. The van der Waals surface area contributed by atoms with Crippen molar-refractivity contribution in [3.63, 3.8) is 0 Å². The number of carbonyl (C=O) groups is 2. The standard InChI is InChI=1S/C15H15F5N2O5/c1-2-26-11(23)9-10(7-3-5-8(6-4-7)27-12(16)17)21-13(24)22-14(9,25)15(18,19)20/h3-6,9-10,12,25H,2H2,1H3,(H2,21,22,24)/t9-,10-,14-/m1/s1. The average molecular weight is 398 g/mol. The van der Waals surface area contributed by atoms with Crippen LogP contribution < -0.4 is 15.4 Å². The molecule has 0 radical (unpaired) electrons. The first kappa shape index (κ1) is 20.7. The van der Waals surface area contributed by atoms with Gasteiger partial charge in [0, 0.05) is 0 Å². The van der Waals surface area contributed by atoms with Crippen LogP contribution in [0.5, 0.6) is 5.75 Å². The molecule has 1 aliphatic heterocycles. The number of benzene rings is 1. The zero-order chi connectivity index (χ0) is 20.4. The summed E-state index contributed by atoms with van der Waals surface area (Å²) in [7, 11) is 0. The van der Waals surface area contributed by atoms with E-state index < -0.39 is 42.5 Å². The first-order valence-electron chi connectivity index (χ1n) is 7.58. The molecular weight excluding hydrogens is 383 g/mol. The van der Waals surface area contributed by atoms with Crippen LogP contribution in [0.4, 0.5) is 26.7 Å². The van der Waals surface area contributed by atoms with Crippen LogP contribution in [0.3, 0.4) is 0 Å². The molecule has 12 heteroatoms. The summed E-state index contributed by atoms with van der Waals surface area (Å²) in [5.74, 6) is -3.99. The largest absolute Gasteiger partial charge is 0.466 e. The Bertz CT molecular complexity index is 697. The minimum Gasteiger partial charge on any atom is -0.466 e. The lowest BCUT2D eigenvalue weighted by Crippen LogP contribution is -2.73. The molecule has 1 saturated heterocycles. The first-order valence-corrected chi connectivity index (χ1v) is 7.58. The third-order valence-corrected chi connectivity index (χ3v) is 3.81. The Kier molecular flexibility index (Phi) is 5.78. The molecule has 2 rings (SSSR count). The maximum absolute atomic E-state index is 13.4. The van der Waals surface area contributed by atoms with Gasteiger partial charge in [0.05, 0.1) is 12.6 Å². The number of aliphatic hydroxyl groups is 1. The van der Waals surface area contributed by atoms with Crippen molar-refractivity contribution >= 4 is 12.0 Å². The number of carbonyl (C=O) groups excluding carboxylic acids is 2. The summed E-state index contributed by atoms with van der Waals surface area (Å²) < 4.78 is 73.5. The van der Waals surface area contributed by atoms with E-state index in [0.717, 1.165) is 24.3 Å². The zero-order valence-corrected chi connectivity index (χ0v) is 13.7. The SMILES string of the molecule is CCOC(=O)[C@H]1[C@@H](c2ccc(OC(F)F)cc2)NC(=O)N[C@]1(O)C(F)(F)F. The fourth-order valence-corrected chi connectivity index (χ4v) is 2.67. The van der Waals surface area contributed by atoms with Crippen LogP contribution in [0.25, 0.3) is 0 Å². The number of hydrogen-bond donors (Lipinski definition) is 3. The van der Waals surface area contributed by atoms with Crippen LogP contribution in [-0.2, 0) is 9.53 Å². The fraction of sp³-hybridized carbons (Fsp3) is 0.467. The maximum atomic E-state index is 13.4. The molecule has 7 nitrogen and oxygen atoms in total. The second kappa shape index (κ2) is 7.55. The van der Waals surface area contributed by atoms with Crippen LogP contribution in [0.2, 0.25) is 0 Å². The van der Waals surface area contributed by atoms with E-state index in [2.05, 4.69) is 14.8 Å². The highest BCUT2D eigenvalue weighted by Crippen LogP contribution is 2.43. The molecule has 1 aliphatic rings. The van der Waals surface area contributed by atoms with Gasteiger partial charge in [-0.2, -0.15) is 22.0 Å². The molecular formula is C15H15F5N2O5. The number of halogens is 5. The molecule has 0 aromatic heterocycles. The molecule has 0 aliphatic carbocycles. The highest BCUT2D eigenvalue weighted by atomic mass is 19.4. The second-order valence-electron chi connectivity index (χ2n) is 5.52. The number of urea groups is 1. The lowest BCUT2D eigenvalue weighted by molar-refractivity contribution is -0.294. The molecule has 1 fully saturated rings. The van der Waals surface area contributed by atoms with Crippen LogP contribution in [-0.4, -0.2) is 42.2 Å². The predicted molar refractivity (Wildman–Crippen MR) is 78.6 cm³/mol. The molecule has 3 N–H and O–H groups in total. The summed E-state index contributed by atoms with van der Waals surface area (Å²) in [6, 6.07) is 1.17. The molecule has 2 amide bonds. The van der Waals surface area contributed by atoms with Crippen molar-refractivity contribution in [2.45, 2.75) is 31.5 Å². The number of amides is 2. The van der Waals surface area contributed by atoms with Gasteiger partial charge in [-0.3, -0.25) is 4.79 Å². The van der Waals surface area contributed by atoms with Gasteiger partial charge in [-0.25, -0.2) is 4.79 Å². The molecule has 0 unspecified atom stereocenters. The number of rotatable bonds is 5. The molecule has 0 saturated carbocycles. The molecule has 27 heavy (non-hydrogen) atoms. The van der Waals surface area contributed by atoms with Crippen LogP contribution in [0.15, 0.2) is 24.3 Å². The Hall–Kier alpha value is -2.63. The Morgan fingerprint density at radius 2 is 1.89 bits per heavy atom. The third kappa shape index (κ3) is 4.21. The molecule has 0 bridgehead atoms. The molecule has 1 heterocycles. The normalized spacial score (nSPS) is 25.6. The van der Waals surface area contributed by atoms with E-state index in [1.807, 2.05) is 0 Å². The van der Waals surface area contributed by atoms with Gasteiger partial charge in [-0.15, -0.1) is 0 Å². The van der Waals surface area contributed by atoms with Gasteiger partial charge in [0.2, 0.25) is 0 Å². The fourth-order valence-electron chi connectivity index (χ4n) is 2.67. The molecule has 1 aromatic rings. The Balaban J connectivity index is 2.47. The minimum atomic E-state index is -5.40. The van der Waals surface area contributed by atoms with Crippen molar-refractivity contribution < 1.29 is 46.1 Å². The van der Waals surface area contributed by atoms with E-state index in [9.17, 15) is 36.6 Å². The summed E-state index contributed by atoms with van der Waals surface area (Å²) >= 11 is 0. The predicted octanol–water partition coefficient (Wildman–Crippen LogP) is 2.07. The first-order chi connectivity index (χ1) is 12.5. The van der Waals surface area contributed by atoms with Gasteiger partial charge >= 0.3 is 24.8 Å². The van der Waals surface area contributed by atoms with Gasteiger partial charge in [0.1, 0.15) is 11.7 Å². The van der Waals surface area contributed by atoms with E-state index in [0.29, 0.717) is 0 Å². The van der Waals surface area contributed by atoms with Gasteiger partial charge < -0.3 is 25.2 Å². The van der Waals surface area contributed by atoms with E-state index in [1.165, 1.54) is 12.2 Å². The van der Waals surface area contributed by atoms with Crippen molar-refractivity contribution in [1.82, 2.24) is 10.6 Å². The number of ether oxygens (including phenoxy) is 2. The number of nitrogens with one attached hydrogen (secondary N) is 2. The lowest BCUT2D eigenvalue weighted by atomic mass is 9.82.